The average Bonchev–Trinajstić information content (AvgIpc) is 2.30. The van der Waals surface area contributed by atoms with E-state index < -0.39 is 0 Å². The fraction of sp³-hybridized carbons (Fsp3) is 0.231. The molecule has 0 bridgehead atoms. The normalized spacial score (nSPS) is 10.7. The smallest absolute Gasteiger partial charge is 0.204 e. The zero-order valence-corrected chi connectivity index (χ0v) is 11.8. The Bertz CT molecular complexity index is 652. The highest BCUT2D eigenvalue weighted by molar-refractivity contribution is 7.79. The molecule has 1 aromatic heterocycles. The van der Waals surface area contributed by atoms with E-state index in [1.54, 1.807) is 10.7 Å². The molecule has 0 amide bonds. The quantitative estimate of drug-likeness (QED) is 0.859. The summed E-state index contributed by atoms with van der Waals surface area (Å²) < 4.78 is 1.75. The lowest BCUT2D eigenvalue weighted by molar-refractivity contribution is 0.769. The number of benzene rings is 1. The van der Waals surface area contributed by atoms with Crippen LogP contribution in [0.1, 0.15) is 17.0 Å². The zero-order valence-electron chi connectivity index (χ0n) is 10.1. The van der Waals surface area contributed by atoms with Crippen LogP contribution in [-0.4, -0.2) is 9.78 Å². The molecule has 1 aromatic carbocycles. The maximum Gasteiger partial charge on any atom is 0.204 e. The third-order valence-electron chi connectivity index (χ3n) is 2.72. The topological polar surface area (TPSA) is 34.9 Å². The molecule has 0 unspecified atom stereocenters. The largest absolute Gasteiger partial charge is 0.288 e. The molecule has 0 spiro atoms. The molecule has 2 aromatic rings. The van der Waals surface area contributed by atoms with Crippen molar-refractivity contribution in [2.24, 2.45) is 0 Å². The summed E-state index contributed by atoms with van der Waals surface area (Å²) in [5.74, 6) is 0.325. The molecule has 0 saturated carbocycles. The summed E-state index contributed by atoms with van der Waals surface area (Å²) in [6, 6.07) is 7.15. The lowest BCUT2D eigenvalue weighted by Gasteiger charge is -2.13. The number of thiol groups is 1. The van der Waals surface area contributed by atoms with Crippen LogP contribution in [0.4, 0.5) is 0 Å². The van der Waals surface area contributed by atoms with Crippen LogP contribution in [-0.2, 0) is 5.75 Å². The van der Waals surface area contributed by atoms with Crippen LogP contribution >= 0.6 is 24.2 Å². The SMILES string of the molecule is Cc1cc(Cl)ccc1-n1nc(CS)c(=O)cc1C. The maximum absolute atomic E-state index is 11.6. The van der Waals surface area contributed by atoms with Crippen molar-refractivity contribution in [2.75, 3.05) is 0 Å². The molecule has 0 fully saturated rings. The molecular formula is C13H13ClN2OS. The number of aryl methyl sites for hydroxylation is 2. The van der Waals surface area contributed by atoms with E-state index in [0.29, 0.717) is 16.5 Å². The molecule has 18 heavy (non-hydrogen) atoms. The van der Waals surface area contributed by atoms with Gasteiger partial charge in [-0.05, 0) is 37.6 Å². The van der Waals surface area contributed by atoms with Gasteiger partial charge in [-0.1, -0.05) is 11.6 Å². The Hall–Kier alpha value is -1.26. The molecule has 0 atom stereocenters. The van der Waals surface area contributed by atoms with E-state index in [0.717, 1.165) is 16.9 Å². The molecule has 0 saturated heterocycles. The number of nitrogens with zero attached hydrogens (tertiary/aromatic N) is 2. The number of hydrogen-bond acceptors (Lipinski definition) is 3. The van der Waals surface area contributed by atoms with Crippen molar-refractivity contribution < 1.29 is 0 Å². The molecule has 5 heteroatoms. The van der Waals surface area contributed by atoms with Gasteiger partial charge < -0.3 is 0 Å². The van der Waals surface area contributed by atoms with Crippen LogP contribution in [0.3, 0.4) is 0 Å². The van der Waals surface area contributed by atoms with E-state index in [9.17, 15) is 4.79 Å². The van der Waals surface area contributed by atoms with Crippen molar-refractivity contribution >= 4 is 24.2 Å². The van der Waals surface area contributed by atoms with Gasteiger partial charge in [0.2, 0.25) is 5.43 Å². The van der Waals surface area contributed by atoms with Crippen molar-refractivity contribution in [2.45, 2.75) is 19.6 Å². The van der Waals surface area contributed by atoms with Crippen molar-refractivity contribution in [1.29, 1.82) is 0 Å². The highest BCUT2D eigenvalue weighted by Crippen LogP contribution is 2.19. The fourth-order valence-electron chi connectivity index (χ4n) is 1.79. The summed E-state index contributed by atoms with van der Waals surface area (Å²) in [5.41, 5.74) is 3.08. The first-order valence-electron chi connectivity index (χ1n) is 5.50. The van der Waals surface area contributed by atoms with Gasteiger partial charge in [0.15, 0.2) is 0 Å². The van der Waals surface area contributed by atoms with E-state index in [-0.39, 0.29) is 5.43 Å². The summed E-state index contributed by atoms with van der Waals surface area (Å²) in [4.78, 5) is 11.6. The minimum Gasteiger partial charge on any atom is -0.288 e. The predicted molar refractivity (Wildman–Crippen MR) is 77.0 cm³/mol. The summed E-state index contributed by atoms with van der Waals surface area (Å²) >= 11 is 10.1. The van der Waals surface area contributed by atoms with Gasteiger partial charge in [0.05, 0.1) is 5.69 Å². The Labute approximate surface area is 116 Å². The molecule has 1 heterocycles. The van der Waals surface area contributed by atoms with E-state index in [4.69, 9.17) is 11.6 Å². The second-order valence-corrected chi connectivity index (χ2v) is 4.85. The van der Waals surface area contributed by atoms with Gasteiger partial charge in [-0.15, -0.1) is 0 Å². The van der Waals surface area contributed by atoms with E-state index in [2.05, 4.69) is 17.7 Å². The minimum atomic E-state index is -0.0784. The maximum atomic E-state index is 11.6. The van der Waals surface area contributed by atoms with Crippen LogP contribution in [0.15, 0.2) is 29.1 Å². The van der Waals surface area contributed by atoms with Gasteiger partial charge >= 0.3 is 0 Å². The van der Waals surface area contributed by atoms with Crippen molar-refractivity contribution in [3.8, 4) is 5.69 Å². The van der Waals surface area contributed by atoms with Gasteiger partial charge in [0.1, 0.15) is 5.69 Å². The van der Waals surface area contributed by atoms with Crippen molar-refractivity contribution in [1.82, 2.24) is 9.78 Å². The molecule has 94 valence electrons. The molecule has 2 rings (SSSR count). The Morgan fingerprint density at radius 3 is 2.67 bits per heavy atom. The summed E-state index contributed by atoms with van der Waals surface area (Å²) in [6.07, 6.45) is 0. The molecule has 0 aliphatic heterocycles. The van der Waals surface area contributed by atoms with Gasteiger partial charge in [-0.25, -0.2) is 4.68 Å². The summed E-state index contributed by atoms with van der Waals surface area (Å²) in [5, 5.41) is 5.02. The second-order valence-electron chi connectivity index (χ2n) is 4.10. The lowest BCUT2D eigenvalue weighted by Crippen LogP contribution is -2.18. The van der Waals surface area contributed by atoms with Gasteiger partial charge in [-0.3, -0.25) is 4.79 Å². The fourth-order valence-corrected chi connectivity index (χ4v) is 2.24. The van der Waals surface area contributed by atoms with Gasteiger partial charge in [0.25, 0.3) is 0 Å². The number of aromatic nitrogens is 2. The van der Waals surface area contributed by atoms with Crippen LogP contribution in [0, 0.1) is 13.8 Å². The third kappa shape index (κ3) is 2.44. The minimum absolute atomic E-state index is 0.0784. The zero-order chi connectivity index (χ0) is 13.3. The predicted octanol–water partition coefficient (Wildman–Crippen LogP) is 2.93. The highest BCUT2D eigenvalue weighted by Gasteiger charge is 2.08. The third-order valence-corrected chi connectivity index (χ3v) is 3.25. The van der Waals surface area contributed by atoms with Crippen molar-refractivity contribution in [3.63, 3.8) is 0 Å². The Balaban J connectivity index is 2.67. The average molecular weight is 281 g/mol. The Kier molecular flexibility index (Phi) is 3.78. The van der Waals surface area contributed by atoms with Crippen molar-refractivity contribution in [3.05, 3.63) is 56.5 Å². The molecule has 3 nitrogen and oxygen atoms in total. The molecule has 0 N–H and O–H groups in total. The number of rotatable bonds is 2. The second kappa shape index (κ2) is 5.16. The van der Waals surface area contributed by atoms with E-state index in [1.165, 1.54) is 0 Å². The summed E-state index contributed by atoms with van der Waals surface area (Å²) in [6.45, 7) is 3.81. The first-order chi connectivity index (χ1) is 8.52. The van der Waals surface area contributed by atoms with Crippen LogP contribution in [0.25, 0.3) is 5.69 Å². The van der Waals surface area contributed by atoms with Crippen LogP contribution < -0.4 is 5.43 Å². The first kappa shape index (κ1) is 13.2. The highest BCUT2D eigenvalue weighted by atomic mass is 35.5. The van der Waals surface area contributed by atoms with E-state index >= 15 is 0 Å². The molecular weight excluding hydrogens is 268 g/mol. The first-order valence-corrected chi connectivity index (χ1v) is 6.51. The van der Waals surface area contributed by atoms with E-state index in [1.807, 2.05) is 32.0 Å². The molecule has 0 radical (unpaired) electrons. The number of hydrogen-bond donors (Lipinski definition) is 1. The summed E-state index contributed by atoms with van der Waals surface area (Å²) in [7, 11) is 0. The number of halogens is 1. The Morgan fingerprint density at radius 2 is 2.06 bits per heavy atom. The molecule has 0 aliphatic rings. The van der Waals surface area contributed by atoms with Crippen LogP contribution in [0.2, 0.25) is 5.02 Å². The Morgan fingerprint density at radius 1 is 1.33 bits per heavy atom. The standard InChI is InChI=1S/C13H13ClN2OS/c1-8-5-10(14)3-4-12(8)16-9(2)6-13(17)11(7-18)15-16/h3-6,18H,7H2,1-2H3. The van der Waals surface area contributed by atoms with Gasteiger partial charge in [0, 0.05) is 22.5 Å². The lowest BCUT2D eigenvalue weighted by atomic mass is 10.2. The monoisotopic (exact) mass is 280 g/mol. The molecule has 0 aliphatic carbocycles. The van der Waals surface area contributed by atoms with Crippen LogP contribution in [0.5, 0.6) is 0 Å². The van der Waals surface area contributed by atoms with Gasteiger partial charge in [-0.2, -0.15) is 17.7 Å².